The van der Waals surface area contributed by atoms with Crippen LogP contribution in [0.1, 0.15) is 31.0 Å². The molecule has 3 nitrogen and oxygen atoms in total. The standard InChI is InChI=1S/C18H23NO2/c1-4-21-17-12-8-11-16(18(17)20-3)13-19-14(2)15-9-6-5-7-10-15/h5-12,14,19H,4,13H2,1-3H3/t14-/m1/s1. The molecule has 0 aliphatic heterocycles. The number of hydrogen-bond donors (Lipinski definition) is 1. The molecule has 0 saturated carbocycles. The third-order valence-corrected chi connectivity index (χ3v) is 3.46. The predicted octanol–water partition coefficient (Wildman–Crippen LogP) is 3.94. The second-order valence-electron chi connectivity index (χ2n) is 4.89. The normalized spacial score (nSPS) is 12.0. The van der Waals surface area contributed by atoms with Gasteiger partial charge in [-0.3, -0.25) is 0 Å². The molecule has 0 aliphatic carbocycles. The highest BCUT2D eigenvalue weighted by molar-refractivity contribution is 5.46. The molecule has 112 valence electrons. The molecule has 2 rings (SSSR count). The fourth-order valence-electron chi connectivity index (χ4n) is 2.32. The van der Waals surface area contributed by atoms with E-state index in [2.05, 4.69) is 42.6 Å². The van der Waals surface area contributed by atoms with E-state index in [1.165, 1.54) is 5.56 Å². The highest BCUT2D eigenvalue weighted by atomic mass is 16.5. The predicted molar refractivity (Wildman–Crippen MR) is 85.9 cm³/mol. The van der Waals surface area contributed by atoms with Gasteiger partial charge in [0.15, 0.2) is 11.5 Å². The van der Waals surface area contributed by atoms with Gasteiger partial charge in [0.2, 0.25) is 0 Å². The van der Waals surface area contributed by atoms with Gasteiger partial charge < -0.3 is 14.8 Å². The summed E-state index contributed by atoms with van der Waals surface area (Å²) in [5.41, 5.74) is 2.38. The van der Waals surface area contributed by atoms with Crippen molar-refractivity contribution in [3.8, 4) is 11.5 Å². The van der Waals surface area contributed by atoms with Crippen molar-refractivity contribution in [1.29, 1.82) is 0 Å². The summed E-state index contributed by atoms with van der Waals surface area (Å²) >= 11 is 0. The smallest absolute Gasteiger partial charge is 0.165 e. The molecule has 0 heterocycles. The molecule has 0 radical (unpaired) electrons. The summed E-state index contributed by atoms with van der Waals surface area (Å²) in [6.07, 6.45) is 0. The molecule has 3 heteroatoms. The van der Waals surface area contributed by atoms with Gasteiger partial charge in [0.25, 0.3) is 0 Å². The second kappa shape index (κ2) is 7.70. The summed E-state index contributed by atoms with van der Waals surface area (Å²) < 4.78 is 11.1. The topological polar surface area (TPSA) is 30.5 Å². The summed E-state index contributed by atoms with van der Waals surface area (Å²) in [6.45, 7) is 5.50. The van der Waals surface area contributed by atoms with Crippen LogP contribution in [0.15, 0.2) is 48.5 Å². The van der Waals surface area contributed by atoms with Crippen LogP contribution in [0.25, 0.3) is 0 Å². The van der Waals surface area contributed by atoms with Crippen molar-refractivity contribution in [3.05, 3.63) is 59.7 Å². The van der Waals surface area contributed by atoms with Crippen molar-refractivity contribution >= 4 is 0 Å². The molecule has 0 saturated heterocycles. The zero-order valence-electron chi connectivity index (χ0n) is 12.9. The maximum atomic E-state index is 5.61. The highest BCUT2D eigenvalue weighted by Gasteiger charge is 2.11. The van der Waals surface area contributed by atoms with Crippen molar-refractivity contribution in [2.45, 2.75) is 26.4 Å². The Kier molecular flexibility index (Phi) is 5.64. The van der Waals surface area contributed by atoms with E-state index in [1.807, 2.05) is 25.1 Å². The van der Waals surface area contributed by atoms with Crippen molar-refractivity contribution in [2.75, 3.05) is 13.7 Å². The Balaban J connectivity index is 2.07. The van der Waals surface area contributed by atoms with Gasteiger partial charge >= 0.3 is 0 Å². The molecule has 1 atom stereocenters. The Morgan fingerprint density at radius 3 is 2.48 bits per heavy atom. The highest BCUT2D eigenvalue weighted by Crippen LogP contribution is 2.31. The summed E-state index contributed by atoms with van der Waals surface area (Å²) in [7, 11) is 1.68. The monoisotopic (exact) mass is 285 g/mol. The number of methoxy groups -OCH3 is 1. The van der Waals surface area contributed by atoms with Gasteiger partial charge in [-0.1, -0.05) is 42.5 Å². The minimum Gasteiger partial charge on any atom is -0.493 e. The van der Waals surface area contributed by atoms with Crippen LogP contribution >= 0.6 is 0 Å². The maximum absolute atomic E-state index is 5.61. The molecule has 1 N–H and O–H groups in total. The Morgan fingerprint density at radius 1 is 1.05 bits per heavy atom. The van der Waals surface area contributed by atoms with Crippen LogP contribution in [0.5, 0.6) is 11.5 Å². The lowest BCUT2D eigenvalue weighted by Gasteiger charge is -2.17. The summed E-state index contributed by atoms with van der Waals surface area (Å²) in [5, 5.41) is 3.52. The van der Waals surface area contributed by atoms with Gasteiger partial charge in [0.05, 0.1) is 13.7 Å². The van der Waals surface area contributed by atoms with Gasteiger partial charge in [0, 0.05) is 18.2 Å². The molecular weight excluding hydrogens is 262 g/mol. The number of benzene rings is 2. The Bertz CT molecular complexity index is 554. The summed E-state index contributed by atoms with van der Waals surface area (Å²) in [4.78, 5) is 0. The van der Waals surface area contributed by atoms with E-state index < -0.39 is 0 Å². The molecular formula is C18H23NO2. The average molecular weight is 285 g/mol. The molecule has 0 fully saturated rings. The number of ether oxygens (including phenoxy) is 2. The van der Waals surface area contributed by atoms with Crippen molar-refractivity contribution in [1.82, 2.24) is 5.32 Å². The molecule has 0 bridgehead atoms. The number of nitrogens with one attached hydrogen (secondary N) is 1. The van der Waals surface area contributed by atoms with Gasteiger partial charge in [-0.05, 0) is 25.5 Å². The van der Waals surface area contributed by atoms with Crippen LogP contribution in [-0.2, 0) is 6.54 Å². The lowest BCUT2D eigenvalue weighted by Crippen LogP contribution is -2.18. The van der Waals surface area contributed by atoms with Gasteiger partial charge in [-0.25, -0.2) is 0 Å². The molecule has 21 heavy (non-hydrogen) atoms. The third kappa shape index (κ3) is 3.99. The minimum atomic E-state index is 0.284. The molecule has 0 spiro atoms. The maximum Gasteiger partial charge on any atom is 0.165 e. The van der Waals surface area contributed by atoms with E-state index in [1.54, 1.807) is 7.11 Å². The second-order valence-corrected chi connectivity index (χ2v) is 4.89. The lowest BCUT2D eigenvalue weighted by molar-refractivity contribution is 0.308. The summed E-state index contributed by atoms with van der Waals surface area (Å²) in [5.74, 6) is 1.61. The average Bonchev–Trinajstić information content (AvgIpc) is 2.54. The first-order valence-corrected chi connectivity index (χ1v) is 7.33. The lowest BCUT2D eigenvalue weighted by atomic mass is 10.1. The van der Waals surface area contributed by atoms with Crippen molar-refractivity contribution < 1.29 is 9.47 Å². The summed E-state index contributed by atoms with van der Waals surface area (Å²) in [6, 6.07) is 16.7. The Hall–Kier alpha value is -2.00. The zero-order valence-corrected chi connectivity index (χ0v) is 12.9. The van der Waals surface area contributed by atoms with E-state index in [0.29, 0.717) is 6.61 Å². The van der Waals surface area contributed by atoms with Crippen LogP contribution in [0.3, 0.4) is 0 Å². The van der Waals surface area contributed by atoms with Crippen molar-refractivity contribution in [2.24, 2.45) is 0 Å². The molecule has 2 aromatic rings. The largest absolute Gasteiger partial charge is 0.493 e. The van der Waals surface area contributed by atoms with E-state index in [4.69, 9.17) is 9.47 Å². The Labute approximate surface area is 126 Å². The van der Waals surface area contributed by atoms with Gasteiger partial charge in [-0.15, -0.1) is 0 Å². The van der Waals surface area contributed by atoms with Crippen LogP contribution in [0.2, 0.25) is 0 Å². The first-order chi connectivity index (χ1) is 10.3. The first kappa shape index (κ1) is 15.4. The van der Waals surface area contributed by atoms with Crippen LogP contribution < -0.4 is 14.8 Å². The molecule has 2 aromatic carbocycles. The van der Waals surface area contributed by atoms with E-state index in [9.17, 15) is 0 Å². The molecule has 0 unspecified atom stereocenters. The molecule has 0 aliphatic rings. The minimum absolute atomic E-state index is 0.284. The van der Waals surface area contributed by atoms with Gasteiger partial charge in [0.1, 0.15) is 0 Å². The van der Waals surface area contributed by atoms with Crippen LogP contribution in [0.4, 0.5) is 0 Å². The SMILES string of the molecule is CCOc1cccc(CN[C@H](C)c2ccccc2)c1OC. The number of hydrogen-bond acceptors (Lipinski definition) is 3. The van der Waals surface area contributed by atoms with Crippen LogP contribution in [0, 0.1) is 0 Å². The fraction of sp³-hybridized carbons (Fsp3) is 0.333. The molecule has 0 aromatic heterocycles. The Morgan fingerprint density at radius 2 is 1.81 bits per heavy atom. The number of para-hydroxylation sites is 1. The van der Waals surface area contributed by atoms with E-state index in [0.717, 1.165) is 23.6 Å². The van der Waals surface area contributed by atoms with Crippen LogP contribution in [-0.4, -0.2) is 13.7 Å². The van der Waals surface area contributed by atoms with E-state index >= 15 is 0 Å². The molecule has 0 amide bonds. The van der Waals surface area contributed by atoms with E-state index in [-0.39, 0.29) is 6.04 Å². The van der Waals surface area contributed by atoms with Gasteiger partial charge in [-0.2, -0.15) is 0 Å². The zero-order chi connectivity index (χ0) is 15.1. The number of rotatable bonds is 7. The third-order valence-electron chi connectivity index (χ3n) is 3.46. The van der Waals surface area contributed by atoms with Crippen molar-refractivity contribution in [3.63, 3.8) is 0 Å². The quantitative estimate of drug-likeness (QED) is 0.835. The first-order valence-electron chi connectivity index (χ1n) is 7.33. The fourth-order valence-corrected chi connectivity index (χ4v) is 2.32.